The van der Waals surface area contributed by atoms with E-state index in [1.807, 2.05) is 0 Å². The lowest BCUT2D eigenvalue weighted by Crippen LogP contribution is -2.30. The summed E-state index contributed by atoms with van der Waals surface area (Å²) in [6.07, 6.45) is -0.280. The Morgan fingerprint density at radius 3 is 2.04 bits per heavy atom. The Labute approximate surface area is 136 Å². The molecule has 1 aromatic rings. The molecule has 0 amide bonds. The van der Waals surface area contributed by atoms with Gasteiger partial charge in [0.25, 0.3) is 0 Å². The van der Waals surface area contributed by atoms with E-state index in [0.717, 1.165) is 0 Å². The highest BCUT2D eigenvalue weighted by Gasteiger charge is 2.19. The van der Waals surface area contributed by atoms with Gasteiger partial charge >= 0.3 is 20.9 Å². The second-order valence-electron chi connectivity index (χ2n) is 4.98. The van der Waals surface area contributed by atoms with Crippen LogP contribution in [0.25, 0.3) is 0 Å². The molecule has 0 aliphatic heterocycles. The zero-order valence-corrected chi connectivity index (χ0v) is 14.3. The van der Waals surface area contributed by atoms with Gasteiger partial charge in [-0.2, -0.15) is 4.98 Å². The highest BCUT2D eigenvalue weighted by atomic mass is 31.2. The van der Waals surface area contributed by atoms with Gasteiger partial charge in [-0.1, -0.05) is 0 Å². The third-order valence-corrected chi connectivity index (χ3v) is 3.61. The highest BCUT2D eigenvalue weighted by molar-refractivity contribution is 7.51. The number of nitrogen functional groups attached to an aromatic ring is 1. The molecule has 6 N–H and O–H groups in total. The van der Waals surface area contributed by atoms with Crippen LogP contribution in [0.3, 0.4) is 0 Å². The Morgan fingerprint density at radius 1 is 1.12 bits per heavy atom. The monoisotopic (exact) mass is 387 g/mol. The summed E-state index contributed by atoms with van der Waals surface area (Å²) in [4.78, 5) is 50.2. The van der Waals surface area contributed by atoms with Crippen molar-refractivity contribution >= 4 is 21.0 Å². The third-order valence-electron chi connectivity index (χ3n) is 2.58. The third kappa shape index (κ3) is 9.26. The second-order valence-corrected chi connectivity index (χ2v) is 8.16. The molecule has 14 heteroatoms. The number of nitrogens with zero attached hydrogens (tertiary/aromatic N) is 2. The van der Waals surface area contributed by atoms with E-state index in [1.54, 1.807) is 0 Å². The molecule has 24 heavy (non-hydrogen) atoms. The summed E-state index contributed by atoms with van der Waals surface area (Å²) in [6, 6.07) is 1.38. The molecule has 0 aromatic carbocycles. The fourth-order valence-corrected chi connectivity index (χ4v) is 2.38. The lowest BCUT2D eigenvalue weighted by Gasteiger charge is -2.18. The standard InChI is InChI=1S/C10H19N3O9P2/c11-9-1-2-13(10(14)12-9)3-8(4-21-6-23(15,16)17)5-22-7-24(18,19)20/h1-2,8H,3-7H2,(H2,11,12,14)(H2,15,16,17)(H2,18,19,20). The van der Waals surface area contributed by atoms with E-state index in [-0.39, 0.29) is 25.6 Å². The van der Waals surface area contributed by atoms with Crippen molar-refractivity contribution in [3.05, 3.63) is 22.7 Å². The van der Waals surface area contributed by atoms with Gasteiger partial charge in [-0.05, 0) is 6.07 Å². The summed E-state index contributed by atoms with van der Waals surface area (Å²) >= 11 is 0. The van der Waals surface area contributed by atoms with E-state index in [0.29, 0.717) is 0 Å². The lowest BCUT2D eigenvalue weighted by atomic mass is 10.2. The zero-order valence-electron chi connectivity index (χ0n) is 12.5. The minimum Gasteiger partial charge on any atom is -0.383 e. The van der Waals surface area contributed by atoms with Gasteiger partial charge in [0, 0.05) is 18.7 Å². The number of hydrogen-bond acceptors (Lipinski definition) is 7. The number of ether oxygens (including phenoxy) is 2. The largest absolute Gasteiger partial charge is 0.383 e. The molecule has 0 unspecified atom stereocenters. The smallest absolute Gasteiger partial charge is 0.350 e. The second kappa shape index (κ2) is 8.84. The van der Waals surface area contributed by atoms with Crippen LogP contribution >= 0.6 is 15.2 Å². The minimum absolute atomic E-state index is 0.00553. The Balaban J connectivity index is 2.70. The first-order valence-electron chi connectivity index (χ1n) is 6.54. The number of rotatable bonds is 10. The van der Waals surface area contributed by atoms with Gasteiger partial charge in [-0.3, -0.25) is 13.7 Å². The lowest BCUT2D eigenvalue weighted by molar-refractivity contribution is 0.0520. The molecule has 138 valence electrons. The van der Waals surface area contributed by atoms with Crippen LogP contribution in [0.5, 0.6) is 0 Å². The molecule has 1 heterocycles. The van der Waals surface area contributed by atoms with Gasteiger partial charge in [0.05, 0.1) is 13.2 Å². The maximum atomic E-state index is 11.7. The summed E-state index contributed by atoms with van der Waals surface area (Å²) in [5, 5.41) is 0. The normalized spacial score (nSPS) is 12.7. The van der Waals surface area contributed by atoms with Crippen LogP contribution in [-0.4, -0.2) is 55.0 Å². The van der Waals surface area contributed by atoms with E-state index in [1.165, 1.54) is 16.8 Å². The van der Waals surface area contributed by atoms with Gasteiger partial charge in [-0.25, -0.2) is 4.79 Å². The summed E-state index contributed by atoms with van der Waals surface area (Å²) < 4.78 is 32.5. The topological polar surface area (TPSA) is 194 Å². The first-order chi connectivity index (χ1) is 11.0. The Hall–Kier alpha value is -1.10. The fraction of sp³-hybridized carbons (Fsp3) is 0.600. The molecule has 12 nitrogen and oxygen atoms in total. The average Bonchev–Trinajstić information content (AvgIpc) is 2.38. The predicted octanol–water partition coefficient (Wildman–Crippen LogP) is -1.25. The Bertz CT molecular complexity index is 654. The number of aromatic nitrogens is 2. The average molecular weight is 387 g/mol. The summed E-state index contributed by atoms with van der Waals surface area (Å²) in [5.74, 6) is -0.575. The molecular formula is C10H19N3O9P2. The molecule has 0 aliphatic rings. The molecule has 0 fully saturated rings. The molecule has 0 aliphatic carbocycles. The van der Waals surface area contributed by atoms with E-state index in [9.17, 15) is 13.9 Å². The van der Waals surface area contributed by atoms with Crippen molar-refractivity contribution < 1.29 is 38.2 Å². The van der Waals surface area contributed by atoms with Crippen molar-refractivity contribution in [3.63, 3.8) is 0 Å². The molecule has 0 saturated heterocycles. The highest BCUT2D eigenvalue weighted by Crippen LogP contribution is 2.35. The first kappa shape index (κ1) is 20.9. The van der Waals surface area contributed by atoms with E-state index in [4.69, 9.17) is 34.8 Å². The van der Waals surface area contributed by atoms with Crippen molar-refractivity contribution in [2.45, 2.75) is 6.54 Å². The van der Waals surface area contributed by atoms with Crippen molar-refractivity contribution in [1.29, 1.82) is 0 Å². The molecule has 0 spiro atoms. The van der Waals surface area contributed by atoms with Gasteiger partial charge in [0.2, 0.25) is 0 Å². The van der Waals surface area contributed by atoms with Crippen LogP contribution in [0.2, 0.25) is 0 Å². The molecule has 0 atom stereocenters. The van der Waals surface area contributed by atoms with Crippen LogP contribution in [-0.2, 0) is 25.1 Å². The van der Waals surface area contributed by atoms with Crippen LogP contribution in [0.1, 0.15) is 0 Å². The quantitative estimate of drug-likeness (QED) is 0.301. The van der Waals surface area contributed by atoms with E-state index in [2.05, 4.69) is 4.98 Å². The summed E-state index contributed by atoms with van der Waals surface area (Å²) in [6.45, 7) is -0.416. The maximum Gasteiger partial charge on any atom is 0.350 e. The van der Waals surface area contributed by atoms with E-state index < -0.39 is 39.5 Å². The first-order valence-corrected chi connectivity index (χ1v) is 10.1. The molecule has 0 bridgehead atoms. The van der Waals surface area contributed by atoms with Crippen LogP contribution < -0.4 is 11.4 Å². The molecule has 1 rings (SSSR count). The SMILES string of the molecule is Nc1ccn(CC(COCP(=O)(O)O)COCP(=O)(O)O)c(=O)n1. The van der Waals surface area contributed by atoms with Crippen LogP contribution in [0.15, 0.2) is 17.1 Å². The van der Waals surface area contributed by atoms with Gasteiger partial charge < -0.3 is 34.8 Å². The predicted molar refractivity (Wildman–Crippen MR) is 82.1 cm³/mol. The molecule has 0 radical (unpaired) electrons. The van der Waals surface area contributed by atoms with Gasteiger partial charge in [0.1, 0.15) is 18.5 Å². The van der Waals surface area contributed by atoms with Crippen molar-refractivity contribution in [3.8, 4) is 0 Å². The van der Waals surface area contributed by atoms with Crippen molar-refractivity contribution in [1.82, 2.24) is 9.55 Å². The number of hydrogen-bond donors (Lipinski definition) is 5. The van der Waals surface area contributed by atoms with Gasteiger partial charge in [-0.15, -0.1) is 0 Å². The molecular weight excluding hydrogens is 368 g/mol. The number of anilines is 1. The fourth-order valence-electron chi connectivity index (χ4n) is 1.69. The minimum atomic E-state index is -4.36. The zero-order chi connectivity index (χ0) is 18.4. The molecule has 0 saturated carbocycles. The Morgan fingerprint density at radius 2 is 1.62 bits per heavy atom. The van der Waals surface area contributed by atoms with Crippen LogP contribution in [0, 0.1) is 5.92 Å². The number of nitrogens with two attached hydrogens (primary N) is 1. The Kier molecular flexibility index (Phi) is 7.71. The maximum absolute atomic E-state index is 11.7. The van der Waals surface area contributed by atoms with Crippen LogP contribution in [0.4, 0.5) is 5.82 Å². The van der Waals surface area contributed by atoms with Gasteiger partial charge in [0.15, 0.2) is 0 Å². The van der Waals surface area contributed by atoms with Crippen molar-refractivity contribution in [2.75, 3.05) is 31.6 Å². The molecule has 1 aromatic heterocycles. The summed E-state index contributed by atoms with van der Waals surface area (Å²) in [7, 11) is -8.72. The summed E-state index contributed by atoms with van der Waals surface area (Å²) in [5.41, 5.74) is 4.72. The van der Waals surface area contributed by atoms with Crippen molar-refractivity contribution in [2.24, 2.45) is 5.92 Å². The van der Waals surface area contributed by atoms with E-state index >= 15 is 0 Å².